The highest BCUT2D eigenvalue weighted by atomic mass is 16.7. The molecular formula is C11H16O3. The van der Waals surface area contributed by atoms with Crippen molar-refractivity contribution < 1.29 is 14.6 Å². The summed E-state index contributed by atoms with van der Waals surface area (Å²) < 4.78 is 11.3. The number of aliphatic hydroxyl groups is 1. The summed E-state index contributed by atoms with van der Waals surface area (Å²) in [4.78, 5) is 0. The number of rotatable bonds is 2. The topological polar surface area (TPSA) is 38.7 Å². The third-order valence-electron chi connectivity index (χ3n) is 2.59. The first-order chi connectivity index (χ1) is 6.85. The van der Waals surface area contributed by atoms with Crippen molar-refractivity contribution in [1.82, 2.24) is 0 Å². The highest BCUT2D eigenvalue weighted by Crippen LogP contribution is 2.41. The Morgan fingerprint density at radius 2 is 2.29 bits per heavy atom. The van der Waals surface area contributed by atoms with Crippen LogP contribution in [0.25, 0.3) is 0 Å². The fraction of sp³-hybridized carbons (Fsp3) is 0.818. The molecule has 2 fully saturated rings. The third-order valence-corrected chi connectivity index (χ3v) is 2.59. The van der Waals surface area contributed by atoms with Gasteiger partial charge in [0.1, 0.15) is 12.2 Å². The van der Waals surface area contributed by atoms with E-state index in [1.807, 2.05) is 0 Å². The first kappa shape index (κ1) is 9.97. The second-order valence-corrected chi connectivity index (χ2v) is 3.87. The molecular weight excluding hydrogens is 180 g/mol. The van der Waals surface area contributed by atoms with Crippen molar-refractivity contribution in [2.24, 2.45) is 0 Å². The zero-order chi connectivity index (χ0) is 9.86. The van der Waals surface area contributed by atoms with Gasteiger partial charge in [-0.1, -0.05) is 11.8 Å². The zero-order valence-electron chi connectivity index (χ0n) is 8.29. The summed E-state index contributed by atoms with van der Waals surface area (Å²) in [5.41, 5.74) is -0.287. The van der Waals surface area contributed by atoms with Gasteiger partial charge in [-0.15, -0.1) is 0 Å². The van der Waals surface area contributed by atoms with E-state index in [9.17, 15) is 0 Å². The Hall–Kier alpha value is -0.560. The fourth-order valence-electron chi connectivity index (χ4n) is 1.64. The molecule has 1 heterocycles. The van der Waals surface area contributed by atoms with Crippen LogP contribution in [0.5, 0.6) is 0 Å². The number of ether oxygens (including phenoxy) is 2. The number of aliphatic hydroxyl groups excluding tert-OH is 1. The van der Waals surface area contributed by atoms with Crippen molar-refractivity contribution >= 4 is 0 Å². The van der Waals surface area contributed by atoms with Gasteiger partial charge in [-0.05, 0) is 32.1 Å². The third kappa shape index (κ3) is 2.48. The van der Waals surface area contributed by atoms with Crippen LogP contribution in [0.3, 0.4) is 0 Å². The van der Waals surface area contributed by atoms with Crippen molar-refractivity contribution in [1.29, 1.82) is 0 Å². The first-order valence-electron chi connectivity index (χ1n) is 5.25. The summed E-state index contributed by atoms with van der Waals surface area (Å²) in [6, 6.07) is 0. The van der Waals surface area contributed by atoms with Crippen molar-refractivity contribution in [3.05, 3.63) is 0 Å². The zero-order valence-corrected chi connectivity index (χ0v) is 8.29. The van der Waals surface area contributed by atoms with E-state index in [4.69, 9.17) is 14.6 Å². The van der Waals surface area contributed by atoms with E-state index in [1.54, 1.807) is 0 Å². The Bertz CT molecular complexity index is 241. The molecule has 0 radical (unpaired) electrons. The monoisotopic (exact) mass is 196 g/mol. The van der Waals surface area contributed by atoms with E-state index in [0.29, 0.717) is 0 Å². The maximum Gasteiger partial charge on any atom is 0.159 e. The quantitative estimate of drug-likeness (QED) is 0.671. The molecule has 1 saturated carbocycles. The molecule has 1 aliphatic heterocycles. The fourth-order valence-corrected chi connectivity index (χ4v) is 1.64. The van der Waals surface area contributed by atoms with Crippen LogP contribution < -0.4 is 0 Å². The van der Waals surface area contributed by atoms with Crippen LogP contribution in [0.15, 0.2) is 0 Å². The van der Waals surface area contributed by atoms with Crippen LogP contribution in [0.1, 0.15) is 32.1 Å². The van der Waals surface area contributed by atoms with E-state index in [2.05, 4.69) is 11.8 Å². The van der Waals surface area contributed by atoms with E-state index in [1.165, 1.54) is 6.42 Å². The molecule has 0 amide bonds. The lowest BCUT2D eigenvalue weighted by Gasteiger charge is -2.25. The minimum absolute atomic E-state index is 0.0701. The Labute approximate surface area is 84.4 Å². The maximum atomic E-state index is 8.60. The van der Waals surface area contributed by atoms with E-state index in [-0.39, 0.29) is 18.5 Å². The van der Waals surface area contributed by atoms with E-state index >= 15 is 0 Å². The smallest absolute Gasteiger partial charge is 0.159 e. The second kappa shape index (κ2) is 4.31. The van der Waals surface area contributed by atoms with Crippen molar-refractivity contribution in [3.8, 4) is 11.8 Å². The van der Waals surface area contributed by atoms with Gasteiger partial charge < -0.3 is 14.6 Å². The van der Waals surface area contributed by atoms with E-state index in [0.717, 1.165) is 32.3 Å². The lowest BCUT2D eigenvalue weighted by atomic mass is 10.2. The summed E-state index contributed by atoms with van der Waals surface area (Å²) in [6.45, 7) is 0.713. The van der Waals surface area contributed by atoms with Crippen LogP contribution in [0, 0.1) is 11.8 Å². The predicted molar refractivity (Wildman–Crippen MR) is 51.5 cm³/mol. The van der Waals surface area contributed by atoms with Gasteiger partial charge in [0.2, 0.25) is 0 Å². The molecule has 0 spiro atoms. The number of hydrogen-bond donors (Lipinski definition) is 1. The van der Waals surface area contributed by atoms with E-state index < -0.39 is 0 Å². The van der Waals surface area contributed by atoms with Crippen LogP contribution in [0.4, 0.5) is 0 Å². The molecule has 1 unspecified atom stereocenters. The molecule has 14 heavy (non-hydrogen) atoms. The normalized spacial score (nSPS) is 29.1. The molecule has 2 rings (SSSR count). The predicted octanol–water partition coefficient (Wildman–Crippen LogP) is 1.06. The SMILES string of the molecule is OCC#CC1(OC2CCCCO2)CC1. The second-order valence-electron chi connectivity index (χ2n) is 3.87. The summed E-state index contributed by atoms with van der Waals surface area (Å²) in [5, 5.41) is 8.60. The highest BCUT2D eigenvalue weighted by Gasteiger charge is 2.45. The highest BCUT2D eigenvalue weighted by molar-refractivity contribution is 5.22. The Morgan fingerprint density at radius 3 is 2.86 bits per heavy atom. The molecule has 78 valence electrons. The lowest BCUT2D eigenvalue weighted by Crippen LogP contribution is -2.28. The van der Waals surface area contributed by atoms with Gasteiger partial charge >= 0.3 is 0 Å². The van der Waals surface area contributed by atoms with Crippen LogP contribution >= 0.6 is 0 Å². The average Bonchev–Trinajstić information content (AvgIpc) is 2.97. The summed E-state index contributed by atoms with van der Waals surface area (Å²) in [6.07, 6.45) is 5.16. The number of hydrogen-bond acceptors (Lipinski definition) is 3. The minimum Gasteiger partial charge on any atom is -0.384 e. The van der Waals surface area contributed by atoms with Gasteiger partial charge in [-0.2, -0.15) is 0 Å². The summed E-state index contributed by atoms with van der Waals surface area (Å²) in [5.74, 6) is 5.63. The molecule has 0 bridgehead atoms. The van der Waals surface area contributed by atoms with Crippen LogP contribution in [-0.4, -0.2) is 30.2 Å². The molecule has 3 nitrogen and oxygen atoms in total. The summed E-state index contributed by atoms with van der Waals surface area (Å²) in [7, 11) is 0. The lowest BCUT2D eigenvalue weighted by molar-refractivity contribution is -0.183. The van der Waals surface area contributed by atoms with Gasteiger partial charge in [0.15, 0.2) is 6.29 Å². The largest absolute Gasteiger partial charge is 0.384 e. The molecule has 1 saturated heterocycles. The van der Waals surface area contributed by atoms with Crippen LogP contribution in [0.2, 0.25) is 0 Å². The first-order valence-corrected chi connectivity index (χ1v) is 5.25. The summed E-state index contributed by atoms with van der Waals surface area (Å²) >= 11 is 0. The average molecular weight is 196 g/mol. The van der Waals surface area contributed by atoms with Gasteiger partial charge in [0, 0.05) is 6.61 Å². The molecule has 0 aromatic rings. The van der Waals surface area contributed by atoms with Crippen molar-refractivity contribution in [3.63, 3.8) is 0 Å². The van der Waals surface area contributed by atoms with Gasteiger partial charge in [-0.25, -0.2) is 0 Å². The minimum atomic E-state index is -0.287. The maximum absolute atomic E-state index is 8.60. The molecule has 1 aliphatic carbocycles. The van der Waals surface area contributed by atoms with Gasteiger partial charge in [0.05, 0.1) is 0 Å². The van der Waals surface area contributed by atoms with Crippen molar-refractivity contribution in [2.75, 3.05) is 13.2 Å². The molecule has 0 aromatic heterocycles. The van der Waals surface area contributed by atoms with Gasteiger partial charge in [-0.3, -0.25) is 0 Å². The Balaban J connectivity index is 1.83. The Morgan fingerprint density at radius 1 is 1.43 bits per heavy atom. The molecule has 1 atom stereocenters. The van der Waals surface area contributed by atoms with Gasteiger partial charge in [0.25, 0.3) is 0 Å². The molecule has 1 N–H and O–H groups in total. The van der Waals surface area contributed by atoms with Crippen molar-refractivity contribution in [2.45, 2.75) is 44.0 Å². The van der Waals surface area contributed by atoms with Crippen LogP contribution in [-0.2, 0) is 9.47 Å². The Kier molecular flexibility index (Phi) is 3.07. The standard InChI is InChI=1S/C11H16O3/c12-8-3-5-11(6-7-11)14-10-4-1-2-9-13-10/h10,12H,1-2,4,6-9H2. The molecule has 0 aromatic carbocycles. The molecule has 2 aliphatic rings. The molecule has 3 heteroatoms.